The highest BCUT2D eigenvalue weighted by Crippen LogP contribution is 2.32. The Balaban J connectivity index is 1.60. The molecule has 1 N–H and O–H groups in total. The summed E-state index contributed by atoms with van der Waals surface area (Å²) >= 11 is 0. The molecule has 7 heteroatoms. The summed E-state index contributed by atoms with van der Waals surface area (Å²) in [4.78, 5) is 26.6. The first-order valence-electron chi connectivity index (χ1n) is 9.09. The van der Waals surface area contributed by atoms with E-state index in [2.05, 4.69) is 5.32 Å². The van der Waals surface area contributed by atoms with Gasteiger partial charge in [-0.2, -0.15) is 13.2 Å². The molecule has 1 heterocycles. The van der Waals surface area contributed by atoms with Gasteiger partial charge < -0.3 is 10.2 Å². The number of halogens is 3. The number of alkyl halides is 3. The Labute approximate surface area is 161 Å². The van der Waals surface area contributed by atoms with Gasteiger partial charge in [-0.1, -0.05) is 29.8 Å². The molecule has 0 saturated carbocycles. The Morgan fingerprint density at radius 3 is 2.21 bits per heavy atom. The van der Waals surface area contributed by atoms with Crippen LogP contribution in [-0.2, 0) is 6.18 Å². The van der Waals surface area contributed by atoms with Crippen LogP contribution in [0.2, 0.25) is 0 Å². The van der Waals surface area contributed by atoms with E-state index in [1.54, 1.807) is 17.0 Å². The fraction of sp³-hybridized carbons (Fsp3) is 0.333. The van der Waals surface area contributed by atoms with E-state index >= 15 is 0 Å². The minimum Gasteiger partial charge on any atom is -0.349 e. The van der Waals surface area contributed by atoms with Gasteiger partial charge in [-0.15, -0.1) is 0 Å². The SMILES string of the molecule is Cc1ccc(C(=O)N2CCC(NC(=O)c3ccccc3C(F)(F)F)CC2)cc1. The van der Waals surface area contributed by atoms with Gasteiger partial charge in [0.15, 0.2) is 0 Å². The number of nitrogens with one attached hydrogen (secondary N) is 1. The van der Waals surface area contributed by atoms with Crippen molar-refractivity contribution >= 4 is 11.8 Å². The number of nitrogens with zero attached hydrogens (tertiary/aromatic N) is 1. The van der Waals surface area contributed by atoms with E-state index in [4.69, 9.17) is 0 Å². The van der Waals surface area contributed by atoms with Gasteiger partial charge in [-0.25, -0.2) is 0 Å². The molecule has 148 valence electrons. The third-order valence-corrected chi connectivity index (χ3v) is 4.89. The Kier molecular flexibility index (Phi) is 5.72. The number of benzene rings is 2. The fourth-order valence-corrected chi connectivity index (χ4v) is 3.30. The summed E-state index contributed by atoms with van der Waals surface area (Å²) in [5.41, 5.74) is 0.344. The van der Waals surface area contributed by atoms with Crippen LogP contribution in [0.5, 0.6) is 0 Å². The third-order valence-electron chi connectivity index (χ3n) is 4.89. The summed E-state index contributed by atoms with van der Waals surface area (Å²) in [6.45, 7) is 2.83. The van der Waals surface area contributed by atoms with E-state index in [9.17, 15) is 22.8 Å². The van der Waals surface area contributed by atoms with E-state index in [0.29, 0.717) is 31.5 Å². The lowest BCUT2D eigenvalue weighted by Gasteiger charge is -2.32. The normalized spacial score (nSPS) is 15.4. The first-order chi connectivity index (χ1) is 13.3. The fourth-order valence-electron chi connectivity index (χ4n) is 3.30. The zero-order chi connectivity index (χ0) is 20.3. The average Bonchev–Trinajstić information content (AvgIpc) is 2.68. The number of likely N-dealkylation sites (tertiary alicyclic amines) is 1. The smallest absolute Gasteiger partial charge is 0.349 e. The molecule has 0 unspecified atom stereocenters. The summed E-state index contributed by atoms with van der Waals surface area (Å²) < 4.78 is 39.3. The van der Waals surface area contributed by atoms with E-state index in [1.165, 1.54) is 18.2 Å². The van der Waals surface area contributed by atoms with Gasteiger partial charge in [-0.05, 0) is 44.0 Å². The number of aryl methyl sites for hydroxylation is 1. The minimum atomic E-state index is -4.59. The van der Waals surface area contributed by atoms with Crippen molar-refractivity contribution in [3.63, 3.8) is 0 Å². The second kappa shape index (κ2) is 8.04. The second-order valence-corrected chi connectivity index (χ2v) is 6.95. The molecule has 1 saturated heterocycles. The number of hydrogen-bond donors (Lipinski definition) is 1. The lowest BCUT2D eigenvalue weighted by molar-refractivity contribution is -0.137. The van der Waals surface area contributed by atoms with Crippen molar-refractivity contribution in [2.24, 2.45) is 0 Å². The van der Waals surface area contributed by atoms with Crippen molar-refractivity contribution in [3.8, 4) is 0 Å². The summed E-state index contributed by atoms with van der Waals surface area (Å²) in [6.07, 6.45) is -3.59. The molecule has 3 rings (SSSR count). The first-order valence-corrected chi connectivity index (χ1v) is 9.09. The second-order valence-electron chi connectivity index (χ2n) is 6.95. The average molecular weight is 390 g/mol. The molecule has 0 atom stereocenters. The molecule has 1 aliphatic rings. The van der Waals surface area contributed by atoms with Crippen LogP contribution in [0.3, 0.4) is 0 Å². The maximum atomic E-state index is 13.1. The summed E-state index contributed by atoms with van der Waals surface area (Å²) in [5, 5.41) is 2.68. The van der Waals surface area contributed by atoms with Gasteiger partial charge in [0.25, 0.3) is 11.8 Å². The van der Waals surface area contributed by atoms with Gasteiger partial charge in [0, 0.05) is 24.7 Å². The molecule has 0 aliphatic carbocycles. The summed E-state index contributed by atoms with van der Waals surface area (Å²) in [7, 11) is 0. The highest BCUT2D eigenvalue weighted by molar-refractivity contribution is 5.96. The predicted octanol–water partition coefficient (Wildman–Crippen LogP) is 4.05. The Bertz CT molecular complexity index is 855. The Morgan fingerprint density at radius 2 is 1.61 bits per heavy atom. The predicted molar refractivity (Wildman–Crippen MR) is 99.0 cm³/mol. The van der Waals surface area contributed by atoms with Crippen LogP contribution in [0.1, 0.15) is 44.7 Å². The lowest BCUT2D eigenvalue weighted by atomic mass is 10.0. The van der Waals surface area contributed by atoms with Crippen molar-refractivity contribution < 1.29 is 22.8 Å². The highest BCUT2D eigenvalue weighted by atomic mass is 19.4. The molecule has 2 amide bonds. The quantitative estimate of drug-likeness (QED) is 0.860. The highest BCUT2D eigenvalue weighted by Gasteiger charge is 2.35. The number of amides is 2. The van der Waals surface area contributed by atoms with Crippen molar-refractivity contribution in [2.45, 2.75) is 32.0 Å². The number of carbonyl (C=O) groups is 2. The molecule has 4 nitrogen and oxygen atoms in total. The van der Waals surface area contributed by atoms with E-state index < -0.39 is 17.6 Å². The molecule has 0 spiro atoms. The minimum absolute atomic E-state index is 0.0767. The number of hydrogen-bond acceptors (Lipinski definition) is 2. The molecular weight excluding hydrogens is 369 g/mol. The Hall–Kier alpha value is -2.83. The van der Waals surface area contributed by atoms with Crippen molar-refractivity contribution in [1.29, 1.82) is 0 Å². The monoisotopic (exact) mass is 390 g/mol. The van der Waals surface area contributed by atoms with Crippen LogP contribution >= 0.6 is 0 Å². The lowest BCUT2D eigenvalue weighted by Crippen LogP contribution is -2.46. The number of piperidine rings is 1. The van der Waals surface area contributed by atoms with Crippen LogP contribution in [0.4, 0.5) is 13.2 Å². The molecule has 28 heavy (non-hydrogen) atoms. The molecule has 0 radical (unpaired) electrons. The zero-order valence-electron chi connectivity index (χ0n) is 15.4. The zero-order valence-corrected chi connectivity index (χ0v) is 15.4. The molecule has 2 aromatic rings. The van der Waals surface area contributed by atoms with Crippen LogP contribution in [-0.4, -0.2) is 35.8 Å². The van der Waals surface area contributed by atoms with Gasteiger partial charge in [0.2, 0.25) is 0 Å². The van der Waals surface area contributed by atoms with E-state index in [0.717, 1.165) is 11.6 Å². The van der Waals surface area contributed by atoms with Crippen LogP contribution < -0.4 is 5.32 Å². The maximum absolute atomic E-state index is 13.1. The molecule has 2 aromatic carbocycles. The van der Waals surface area contributed by atoms with Crippen molar-refractivity contribution in [2.75, 3.05) is 13.1 Å². The summed E-state index contributed by atoms with van der Waals surface area (Å²) in [6, 6.07) is 11.8. The van der Waals surface area contributed by atoms with Gasteiger partial charge >= 0.3 is 6.18 Å². The molecule has 0 aromatic heterocycles. The molecular formula is C21H21F3N2O2. The third kappa shape index (κ3) is 4.52. The van der Waals surface area contributed by atoms with Crippen molar-refractivity contribution in [3.05, 3.63) is 70.8 Å². The van der Waals surface area contributed by atoms with Gasteiger partial charge in [0.1, 0.15) is 0 Å². The van der Waals surface area contributed by atoms with Crippen LogP contribution in [0.15, 0.2) is 48.5 Å². The van der Waals surface area contributed by atoms with Crippen molar-refractivity contribution in [1.82, 2.24) is 10.2 Å². The summed E-state index contributed by atoms with van der Waals surface area (Å²) in [5.74, 6) is -0.816. The number of rotatable bonds is 3. The van der Waals surface area contributed by atoms with Crippen LogP contribution in [0, 0.1) is 6.92 Å². The van der Waals surface area contributed by atoms with Crippen LogP contribution in [0.25, 0.3) is 0 Å². The Morgan fingerprint density at radius 1 is 1.00 bits per heavy atom. The topological polar surface area (TPSA) is 49.4 Å². The molecule has 1 aliphatic heterocycles. The number of carbonyl (C=O) groups excluding carboxylic acids is 2. The standard InChI is InChI=1S/C21H21F3N2O2/c1-14-6-8-15(9-7-14)20(28)26-12-10-16(11-13-26)25-19(27)17-4-2-3-5-18(17)21(22,23)24/h2-9,16H,10-13H2,1H3,(H,25,27). The van der Waals surface area contributed by atoms with E-state index in [1.807, 2.05) is 19.1 Å². The van der Waals surface area contributed by atoms with E-state index in [-0.39, 0.29) is 17.5 Å². The molecule has 1 fully saturated rings. The largest absolute Gasteiger partial charge is 0.417 e. The van der Waals surface area contributed by atoms with Gasteiger partial charge in [-0.3, -0.25) is 9.59 Å². The molecule has 0 bridgehead atoms. The maximum Gasteiger partial charge on any atom is 0.417 e. The first kappa shape index (κ1) is 19.9. The van der Waals surface area contributed by atoms with Gasteiger partial charge in [0.05, 0.1) is 11.1 Å².